The summed E-state index contributed by atoms with van der Waals surface area (Å²) in [6.07, 6.45) is 3.68. The van der Waals surface area contributed by atoms with Crippen LogP contribution in [0.25, 0.3) is 0 Å². The highest BCUT2D eigenvalue weighted by atomic mass is 16.6. The number of carboxylic acids is 2. The second kappa shape index (κ2) is 12.0. The highest BCUT2D eigenvalue weighted by Crippen LogP contribution is 2.38. The van der Waals surface area contributed by atoms with Crippen molar-refractivity contribution in [3.63, 3.8) is 0 Å². The topological polar surface area (TPSA) is 116 Å². The Balaban J connectivity index is 0.000000361. The maximum Gasteiger partial charge on any atom is 0.410 e. The molecule has 0 radical (unpaired) electrons. The van der Waals surface area contributed by atoms with Gasteiger partial charge in [0.1, 0.15) is 5.60 Å². The molecule has 2 aliphatic heterocycles. The lowest BCUT2D eigenvalue weighted by atomic mass is 9.73. The van der Waals surface area contributed by atoms with Crippen LogP contribution in [-0.4, -0.2) is 64.9 Å². The van der Waals surface area contributed by atoms with E-state index in [4.69, 9.17) is 4.74 Å². The summed E-state index contributed by atoms with van der Waals surface area (Å²) in [6.45, 7) is 16.3. The van der Waals surface area contributed by atoms with Crippen LogP contribution in [0.1, 0.15) is 87.0 Å². The summed E-state index contributed by atoms with van der Waals surface area (Å²) in [6, 6.07) is 0. The monoisotopic (exact) mass is 470 g/mol. The van der Waals surface area contributed by atoms with Crippen molar-refractivity contribution in [1.29, 1.82) is 0 Å². The van der Waals surface area contributed by atoms with E-state index >= 15 is 0 Å². The van der Waals surface area contributed by atoms with Crippen molar-refractivity contribution in [2.75, 3.05) is 26.2 Å². The predicted molar refractivity (Wildman–Crippen MR) is 128 cm³/mol. The largest absolute Gasteiger partial charge is 0.481 e. The molecule has 192 valence electrons. The van der Waals surface area contributed by atoms with Gasteiger partial charge >= 0.3 is 18.0 Å². The molecule has 0 spiro atoms. The van der Waals surface area contributed by atoms with Gasteiger partial charge in [-0.3, -0.25) is 9.59 Å². The van der Waals surface area contributed by atoms with Gasteiger partial charge < -0.3 is 25.2 Å². The number of hydrogen-bond acceptors (Lipinski definition) is 5. The number of carboxylic acid groups (broad SMARTS) is 2. The molecule has 0 saturated carbocycles. The zero-order valence-corrected chi connectivity index (χ0v) is 21.7. The third-order valence-electron chi connectivity index (χ3n) is 6.44. The van der Waals surface area contributed by atoms with Crippen molar-refractivity contribution in [3.8, 4) is 0 Å². The molecular weight excluding hydrogens is 424 g/mol. The number of amides is 1. The van der Waals surface area contributed by atoms with Gasteiger partial charge in [0.05, 0.1) is 10.8 Å². The summed E-state index contributed by atoms with van der Waals surface area (Å²) in [5, 5.41) is 21.9. The number of piperidine rings is 2. The number of carbonyl (C=O) groups excluding carboxylic acids is 1. The molecule has 0 bridgehead atoms. The first kappa shape index (κ1) is 29.2. The number of nitrogens with zero attached hydrogens (tertiary/aromatic N) is 1. The maximum atomic E-state index is 12.0. The van der Waals surface area contributed by atoms with E-state index in [2.05, 4.69) is 19.2 Å². The normalized spacial score (nSPS) is 20.1. The van der Waals surface area contributed by atoms with Crippen LogP contribution in [0, 0.1) is 22.7 Å². The fourth-order valence-corrected chi connectivity index (χ4v) is 4.92. The van der Waals surface area contributed by atoms with Crippen molar-refractivity contribution in [1.82, 2.24) is 10.2 Å². The van der Waals surface area contributed by atoms with Gasteiger partial charge in [-0.15, -0.1) is 0 Å². The standard InChI is InChI=1S/C15H27NO4.C10H19NO2/c1-11(2)10-15(12(17)18)6-8-16(9-7-15)13(19)20-14(3,4)5;1-8(2)7-10(9(12)13)3-5-11-6-4-10/h11H,6-10H2,1-5H3,(H,17,18);8,11H,3-7H2,1-2H3,(H,12,13). The third-order valence-corrected chi connectivity index (χ3v) is 6.44. The first-order valence-electron chi connectivity index (χ1n) is 12.3. The van der Waals surface area contributed by atoms with Crippen molar-refractivity contribution < 1.29 is 29.3 Å². The fourth-order valence-electron chi connectivity index (χ4n) is 4.92. The van der Waals surface area contributed by atoms with E-state index in [0.717, 1.165) is 32.4 Å². The van der Waals surface area contributed by atoms with Gasteiger partial charge in [0, 0.05) is 13.1 Å². The number of likely N-dealkylation sites (tertiary alicyclic amines) is 1. The third kappa shape index (κ3) is 9.14. The lowest BCUT2D eigenvalue weighted by Crippen LogP contribution is -2.48. The zero-order valence-electron chi connectivity index (χ0n) is 21.7. The van der Waals surface area contributed by atoms with E-state index in [-0.39, 0.29) is 6.09 Å². The summed E-state index contributed by atoms with van der Waals surface area (Å²) in [4.78, 5) is 36.4. The van der Waals surface area contributed by atoms with E-state index in [1.165, 1.54) is 0 Å². The van der Waals surface area contributed by atoms with Crippen molar-refractivity contribution in [2.24, 2.45) is 22.7 Å². The summed E-state index contributed by atoms with van der Waals surface area (Å²) < 4.78 is 5.33. The van der Waals surface area contributed by atoms with Crippen molar-refractivity contribution >= 4 is 18.0 Å². The first-order valence-corrected chi connectivity index (χ1v) is 12.3. The molecule has 2 aliphatic rings. The molecular formula is C25H46N2O6. The number of ether oxygens (including phenoxy) is 1. The number of carbonyl (C=O) groups is 3. The SMILES string of the molecule is CC(C)CC1(C(=O)O)CCN(C(=O)OC(C)(C)C)CC1.CC(C)CC1(C(=O)O)CCNCC1. The van der Waals surface area contributed by atoms with Gasteiger partial charge in [0.15, 0.2) is 0 Å². The highest BCUT2D eigenvalue weighted by Gasteiger charge is 2.43. The molecule has 3 N–H and O–H groups in total. The summed E-state index contributed by atoms with van der Waals surface area (Å²) in [5.74, 6) is -0.550. The minimum Gasteiger partial charge on any atom is -0.481 e. The van der Waals surface area contributed by atoms with E-state index in [9.17, 15) is 24.6 Å². The smallest absolute Gasteiger partial charge is 0.410 e. The number of hydrogen-bond donors (Lipinski definition) is 3. The molecule has 0 atom stereocenters. The Hall–Kier alpha value is -1.83. The average Bonchev–Trinajstić information content (AvgIpc) is 2.67. The molecule has 8 nitrogen and oxygen atoms in total. The van der Waals surface area contributed by atoms with E-state index in [1.807, 2.05) is 34.6 Å². The number of rotatable bonds is 6. The maximum absolute atomic E-state index is 12.0. The molecule has 0 aromatic carbocycles. The van der Waals surface area contributed by atoms with Crippen LogP contribution in [0.2, 0.25) is 0 Å². The van der Waals surface area contributed by atoms with Gasteiger partial charge in [-0.05, 0) is 84.2 Å². The fraction of sp³-hybridized carbons (Fsp3) is 0.880. The van der Waals surface area contributed by atoms with Crippen molar-refractivity contribution in [2.45, 2.75) is 92.6 Å². The molecule has 1 amide bonds. The molecule has 8 heteroatoms. The Labute approximate surface area is 199 Å². The van der Waals surface area contributed by atoms with Crippen LogP contribution in [0.15, 0.2) is 0 Å². The van der Waals surface area contributed by atoms with E-state index < -0.39 is 28.4 Å². The second-order valence-corrected chi connectivity index (χ2v) is 11.6. The summed E-state index contributed by atoms with van der Waals surface area (Å²) in [7, 11) is 0. The van der Waals surface area contributed by atoms with Gasteiger partial charge in [-0.1, -0.05) is 27.7 Å². The molecule has 2 rings (SSSR count). The Morgan fingerprint density at radius 1 is 0.848 bits per heavy atom. The summed E-state index contributed by atoms with van der Waals surface area (Å²) >= 11 is 0. The zero-order chi connectivity index (χ0) is 25.4. The van der Waals surface area contributed by atoms with Gasteiger partial charge in [0.25, 0.3) is 0 Å². The lowest BCUT2D eigenvalue weighted by Gasteiger charge is -2.40. The van der Waals surface area contributed by atoms with Crippen LogP contribution < -0.4 is 5.32 Å². The Morgan fingerprint density at radius 3 is 1.58 bits per heavy atom. The Bertz CT molecular complexity index is 654. The minimum absolute atomic E-state index is 0.333. The van der Waals surface area contributed by atoms with Crippen LogP contribution in [-0.2, 0) is 14.3 Å². The van der Waals surface area contributed by atoms with Gasteiger partial charge in [-0.2, -0.15) is 0 Å². The molecule has 0 aliphatic carbocycles. The van der Waals surface area contributed by atoms with Crippen LogP contribution >= 0.6 is 0 Å². The average molecular weight is 471 g/mol. The molecule has 0 unspecified atom stereocenters. The molecule has 2 saturated heterocycles. The van der Waals surface area contributed by atoms with Crippen molar-refractivity contribution in [3.05, 3.63) is 0 Å². The number of nitrogens with one attached hydrogen (secondary N) is 1. The quantitative estimate of drug-likeness (QED) is 0.518. The number of aliphatic carboxylic acids is 2. The molecule has 0 aromatic heterocycles. The van der Waals surface area contributed by atoms with Gasteiger partial charge in [0.2, 0.25) is 0 Å². The van der Waals surface area contributed by atoms with Crippen LogP contribution in [0.5, 0.6) is 0 Å². The van der Waals surface area contributed by atoms with Gasteiger partial charge in [-0.25, -0.2) is 4.79 Å². The molecule has 2 heterocycles. The van der Waals surface area contributed by atoms with E-state index in [1.54, 1.807) is 4.90 Å². The summed E-state index contributed by atoms with van der Waals surface area (Å²) in [5.41, 5.74) is -1.65. The highest BCUT2D eigenvalue weighted by molar-refractivity contribution is 5.76. The Kier molecular flexibility index (Phi) is 10.7. The van der Waals surface area contributed by atoms with E-state index in [0.29, 0.717) is 44.2 Å². The molecule has 0 aromatic rings. The van der Waals surface area contributed by atoms with Crippen LogP contribution in [0.3, 0.4) is 0 Å². The second-order valence-electron chi connectivity index (χ2n) is 11.6. The minimum atomic E-state index is -0.741. The molecule has 2 fully saturated rings. The lowest BCUT2D eigenvalue weighted by molar-refractivity contribution is -0.153. The predicted octanol–water partition coefficient (Wildman–Crippen LogP) is 4.62. The van der Waals surface area contributed by atoms with Crippen LogP contribution in [0.4, 0.5) is 4.79 Å². The Morgan fingerprint density at radius 2 is 1.24 bits per heavy atom. The molecule has 33 heavy (non-hydrogen) atoms. The first-order chi connectivity index (χ1) is 15.1.